The molecule has 7 nitrogen and oxygen atoms in total. The third kappa shape index (κ3) is 3.30. The molecule has 18 heavy (non-hydrogen) atoms. The minimum Gasteiger partial charge on any atom is -0.464 e. The van der Waals surface area contributed by atoms with E-state index < -0.39 is 6.04 Å². The van der Waals surface area contributed by atoms with Gasteiger partial charge in [-0.1, -0.05) is 0 Å². The summed E-state index contributed by atoms with van der Waals surface area (Å²) in [5, 5.41) is 2.99. The van der Waals surface area contributed by atoms with Crippen LogP contribution in [-0.2, 0) is 9.53 Å². The molecule has 0 spiro atoms. The fraction of sp³-hybridized carbons (Fsp3) is 0.545. The molecule has 0 amide bonds. The number of nitrogens with one attached hydrogen (secondary N) is 2. The fourth-order valence-electron chi connectivity index (χ4n) is 1.44. The van der Waals surface area contributed by atoms with Gasteiger partial charge in [0, 0.05) is 5.56 Å². The molecule has 7 heteroatoms. The van der Waals surface area contributed by atoms with Gasteiger partial charge in [-0.05, 0) is 27.7 Å². The van der Waals surface area contributed by atoms with Gasteiger partial charge < -0.3 is 15.5 Å². The lowest BCUT2D eigenvalue weighted by Gasteiger charge is -2.16. The Morgan fingerprint density at radius 1 is 1.39 bits per heavy atom. The molecule has 1 aromatic rings. The van der Waals surface area contributed by atoms with E-state index in [4.69, 9.17) is 10.6 Å². The van der Waals surface area contributed by atoms with Crippen molar-refractivity contribution in [1.82, 2.24) is 9.97 Å². The zero-order chi connectivity index (χ0) is 13.7. The van der Waals surface area contributed by atoms with Crippen LogP contribution < -0.4 is 16.6 Å². The number of aromatic nitrogens is 2. The van der Waals surface area contributed by atoms with E-state index >= 15 is 0 Å². The summed E-state index contributed by atoms with van der Waals surface area (Å²) in [5.74, 6) is 6.70. The Labute approximate surface area is 106 Å². The standard InChI is InChI=1S/C11H19N5O2/c1-5-18-11(17)7(3)13-9-6(2)10(16-12)15-8(4)14-9/h7H,5,12H2,1-4H3,(H2,13,14,15,16). The Kier molecular flexibility index (Phi) is 4.85. The molecule has 0 saturated carbocycles. The number of hydrazine groups is 1. The van der Waals surface area contributed by atoms with Crippen LogP contribution in [0.25, 0.3) is 0 Å². The monoisotopic (exact) mass is 253 g/mol. The molecule has 1 heterocycles. The zero-order valence-electron chi connectivity index (χ0n) is 11.1. The number of nitrogens with zero attached hydrogens (tertiary/aromatic N) is 2. The average molecular weight is 253 g/mol. The maximum atomic E-state index is 11.5. The largest absolute Gasteiger partial charge is 0.464 e. The number of aryl methyl sites for hydroxylation is 1. The van der Waals surface area contributed by atoms with Gasteiger partial charge in [-0.3, -0.25) is 0 Å². The van der Waals surface area contributed by atoms with Crippen molar-refractivity contribution in [3.8, 4) is 0 Å². The van der Waals surface area contributed by atoms with E-state index in [1.54, 1.807) is 20.8 Å². The van der Waals surface area contributed by atoms with Crippen molar-refractivity contribution in [2.24, 2.45) is 5.84 Å². The average Bonchev–Trinajstić information content (AvgIpc) is 2.33. The Morgan fingerprint density at radius 3 is 2.56 bits per heavy atom. The maximum absolute atomic E-state index is 11.5. The van der Waals surface area contributed by atoms with Crippen LogP contribution >= 0.6 is 0 Å². The summed E-state index contributed by atoms with van der Waals surface area (Å²) >= 11 is 0. The van der Waals surface area contributed by atoms with Crippen LogP contribution in [-0.4, -0.2) is 28.6 Å². The molecule has 0 bridgehead atoms. The third-order valence-corrected chi connectivity index (χ3v) is 2.39. The molecule has 0 aromatic carbocycles. The van der Waals surface area contributed by atoms with E-state index in [2.05, 4.69) is 20.7 Å². The first-order chi connectivity index (χ1) is 8.49. The Balaban J connectivity index is 2.90. The minimum atomic E-state index is -0.483. The minimum absolute atomic E-state index is 0.324. The van der Waals surface area contributed by atoms with Gasteiger partial charge in [0.1, 0.15) is 23.5 Å². The predicted molar refractivity (Wildman–Crippen MR) is 69.0 cm³/mol. The van der Waals surface area contributed by atoms with Crippen LogP contribution in [0.1, 0.15) is 25.2 Å². The Hall–Kier alpha value is -1.89. The molecule has 0 radical (unpaired) electrons. The van der Waals surface area contributed by atoms with Gasteiger partial charge in [-0.25, -0.2) is 20.6 Å². The Bertz CT molecular complexity index is 436. The van der Waals surface area contributed by atoms with Gasteiger partial charge in [0.25, 0.3) is 0 Å². The number of ether oxygens (including phenoxy) is 1. The summed E-state index contributed by atoms with van der Waals surface area (Å²) in [7, 11) is 0. The van der Waals surface area contributed by atoms with Crippen molar-refractivity contribution in [1.29, 1.82) is 0 Å². The van der Waals surface area contributed by atoms with Crippen molar-refractivity contribution in [3.05, 3.63) is 11.4 Å². The highest BCUT2D eigenvalue weighted by molar-refractivity contribution is 5.79. The van der Waals surface area contributed by atoms with Crippen molar-refractivity contribution in [2.75, 3.05) is 17.3 Å². The van der Waals surface area contributed by atoms with Gasteiger partial charge in [-0.15, -0.1) is 0 Å². The van der Waals surface area contributed by atoms with Gasteiger partial charge >= 0.3 is 5.97 Å². The van der Waals surface area contributed by atoms with E-state index in [0.717, 1.165) is 5.56 Å². The smallest absolute Gasteiger partial charge is 0.328 e. The second-order valence-electron chi connectivity index (χ2n) is 3.86. The van der Waals surface area contributed by atoms with Crippen molar-refractivity contribution in [3.63, 3.8) is 0 Å². The number of hydrogen-bond donors (Lipinski definition) is 3. The second-order valence-corrected chi connectivity index (χ2v) is 3.86. The molecular weight excluding hydrogens is 234 g/mol. The first kappa shape index (κ1) is 14.2. The highest BCUT2D eigenvalue weighted by atomic mass is 16.5. The van der Waals surface area contributed by atoms with Crippen LogP contribution in [0, 0.1) is 13.8 Å². The number of hydrogen-bond acceptors (Lipinski definition) is 7. The zero-order valence-corrected chi connectivity index (χ0v) is 11.1. The summed E-state index contributed by atoms with van der Waals surface area (Å²) in [6.07, 6.45) is 0. The number of carbonyl (C=O) groups excluding carboxylic acids is 1. The molecule has 0 aliphatic rings. The number of anilines is 2. The van der Waals surface area contributed by atoms with Crippen LogP contribution in [0.2, 0.25) is 0 Å². The van der Waals surface area contributed by atoms with E-state index in [9.17, 15) is 4.79 Å². The molecule has 4 N–H and O–H groups in total. The second kappa shape index (κ2) is 6.15. The fourth-order valence-corrected chi connectivity index (χ4v) is 1.44. The van der Waals surface area contributed by atoms with Crippen molar-refractivity contribution >= 4 is 17.6 Å². The lowest BCUT2D eigenvalue weighted by Crippen LogP contribution is -2.29. The molecule has 1 atom stereocenters. The van der Waals surface area contributed by atoms with Crippen LogP contribution in [0.3, 0.4) is 0 Å². The highest BCUT2D eigenvalue weighted by Gasteiger charge is 2.17. The van der Waals surface area contributed by atoms with Crippen LogP contribution in [0.4, 0.5) is 11.6 Å². The number of esters is 1. The summed E-state index contributed by atoms with van der Waals surface area (Å²) < 4.78 is 4.92. The number of nitrogen functional groups attached to an aromatic ring is 1. The lowest BCUT2D eigenvalue weighted by atomic mass is 10.2. The number of carbonyl (C=O) groups is 1. The summed E-state index contributed by atoms with van der Waals surface area (Å²) in [5.41, 5.74) is 3.25. The summed E-state index contributed by atoms with van der Waals surface area (Å²) in [4.78, 5) is 19.9. The molecule has 0 aliphatic carbocycles. The summed E-state index contributed by atoms with van der Waals surface area (Å²) in [6.45, 7) is 7.39. The molecule has 0 fully saturated rings. The van der Waals surface area contributed by atoms with E-state index in [0.29, 0.717) is 24.1 Å². The molecule has 1 rings (SSSR count). The van der Waals surface area contributed by atoms with Gasteiger partial charge in [0.05, 0.1) is 6.61 Å². The number of nitrogens with two attached hydrogens (primary N) is 1. The summed E-state index contributed by atoms with van der Waals surface area (Å²) in [6, 6.07) is -0.483. The molecule has 0 saturated heterocycles. The normalized spacial score (nSPS) is 11.8. The molecule has 1 unspecified atom stereocenters. The maximum Gasteiger partial charge on any atom is 0.328 e. The quantitative estimate of drug-likeness (QED) is 0.404. The van der Waals surface area contributed by atoms with Gasteiger partial charge in [0.2, 0.25) is 0 Å². The predicted octanol–water partition coefficient (Wildman–Crippen LogP) is 0.743. The van der Waals surface area contributed by atoms with Crippen LogP contribution in [0.5, 0.6) is 0 Å². The first-order valence-electron chi connectivity index (χ1n) is 5.74. The van der Waals surface area contributed by atoms with Crippen LogP contribution in [0.15, 0.2) is 0 Å². The topological polar surface area (TPSA) is 102 Å². The van der Waals surface area contributed by atoms with Gasteiger partial charge in [-0.2, -0.15) is 0 Å². The van der Waals surface area contributed by atoms with E-state index in [-0.39, 0.29) is 5.97 Å². The third-order valence-electron chi connectivity index (χ3n) is 2.39. The Morgan fingerprint density at radius 2 is 2.00 bits per heavy atom. The highest BCUT2D eigenvalue weighted by Crippen LogP contribution is 2.19. The number of rotatable bonds is 5. The molecule has 1 aromatic heterocycles. The van der Waals surface area contributed by atoms with E-state index in [1.807, 2.05) is 6.92 Å². The molecular formula is C11H19N5O2. The molecule has 100 valence electrons. The van der Waals surface area contributed by atoms with E-state index in [1.165, 1.54) is 0 Å². The van der Waals surface area contributed by atoms with Gasteiger partial charge in [0.15, 0.2) is 0 Å². The van der Waals surface area contributed by atoms with Crippen molar-refractivity contribution in [2.45, 2.75) is 33.7 Å². The van der Waals surface area contributed by atoms with Crippen molar-refractivity contribution < 1.29 is 9.53 Å². The SMILES string of the molecule is CCOC(=O)C(C)Nc1nc(C)nc(NN)c1C. The lowest BCUT2D eigenvalue weighted by molar-refractivity contribution is -0.143. The molecule has 0 aliphatic heterocycles. The first-order valence-corrected chi connectivity index (χ1v) is 5.74.